The molecule has 0 aromatic heterocycles. The first-order valence-corrected chi connectivity index (χ1v) is 9.06. The molecular formula is C13H24O2Si. The van der Waals surface area contributed by atoms with Crippen LogP contribution < -0.4 is 0 Å². The highest BCUT2D eigenvalue weighted by molar-refractivity contribution is 6.78. The summed E-state index contributed by atoms with van der Waals surface area (Å²) in [5.74, 6) is 0.730. The standard InChI is InChI=1S/C13H24O2Si/c1-4-16(5-2,6-3)14-10-11-7-8-12-13(9-11)15-12/h4,11-13H,1,5-10H2,2-3H3. The second-order valence-corrected chi connectivity index (χ2v) is 9.42. The zero-order valence-electron chi connectivity index (χ0n) is 10.6. The second kappa shape index (κ2) is 5.03. The van der Waals surface area contributed by atoms with E-state index in [2.05, 4.69) is 26.1 Å². The van der Waals surface area contributed by atoms with E-state index in [0.717, 1.165) is 24.6 Å². The third-order valence-electron chi connectivity index (χ3n) is 4.29. The molecule has 2 fully saturated rings. The summed E-state index contributed by atoms with van der Waals surface area (Å²) < 4.78 is 11.8. The summed E-state index contributed by atoms with van der Waals surface area (Å²) in [4.78, 5) is 0. The first kappa shape index (κ1) is 12.3. The summed E-state index contributed by atoms with van der Waals surface area (Å²) in [5.41, 5.74) is 2.12. The van der Waals surface area contributed by atoms with Crippen LogP contribution in [0.3, 0.4) is 0 Å². The molecule has 2 aliphatic rings. The molecular weight excluding hydrogens is 216 g/mol. The summed E-state index contributed by atoms with van der Waals surface area (Å²) in [7, 11) is -1.59. The van der Waals surface area contributed by atoms with Crippen molar-refractivity contribution in [2.45, 2.75) is 57.4 Å². The van der Waals surface area contributed by atoms with Gasteiger partial charge in [-0.1, -0.05) is 19.5 Å². The molecule has 2 nitrogen and oxygen atoms in total. The van der Waals surface area contributed by atoms with Crippen LogP contribution >= 0.6 is 0 Å². The van der Waals surface area contributed by atoms with Crippen molar-refractivity contribution < 1.29 is 9.16 Å². The fraction of sp³-hybridized carbons (Fsp3) is 0.846. The molecule has 1 heterocycles. The lowest BCUT2D eigenvalue weighted by Crippen LogP contribution is -2.37. The minimum atomic E-state index is -1.59. The molecule has 92 valence electrons. The maximum atomic E-state index is 6.25. The van der Waals surface area contributed by atoms with Gasteiger partial charge in [-0.25, -0.2) is 0 Å². The summed E-state index contributed by atoms with van der Waals surface area (Å²) in [6.07, 6.45) is 4.94. The zero-order valence-corrected chi connectivity index (χ0v) is 11.6. The molecule has 1 aliphatic heterocycles. The van der Waals surface area contributed by atoms with Gasteiger partial charge in [-0.2, -0.15) is 0 Å². The van der Waals surface area contributed by atoms with Crippen molar-refractivity contribution in [2.75, 3.05) is 6.61 Å². The fourth-order valence-electron chi connectivity index (χ4n) is 2.72. The van der Waals surface area contributed by atoms with Gasteiger partial charge in [-0.05, 0) is 37.3 Å². The number of ether oxygens (including phenoxy) is 1. The van der Waals surface area contributed by atoms with E-state index in [0.29, 0.717) is 12.2 Å². The molecule has 3 heteroatoms. The van der Waals surface area contributed by atoms with E-state index in [4.69, 9.17) is 9.16 Å². The maximum Gasteiger partial charge on any atom is 0.215 e. The summed E-state index contributed by atoms with van der Waals surface area (Å²) >= 11 is 0. The SMILES string of the molecule is C=C[Si](CC)(CC)OCC1CCC2OC2C1. The van der Waals surface area contributed by atoms with Crippen LogP contribution in [0, 0.1) is 5.92 Å². The molecule has 0 amide bonds. The van der Waals surface area contributed by atoms with Gasteiger partial charge in [0.15, 0.2) is 0 Å². The molecule has 3 atom stereocenters. The topological polar surface area (TPSA) is 21.8 Å². The number of fused-ring (bicyclic) bond motifs is 1. The summed E-state index contributed by atoms with van der Waals surface area (Å²) in [6.45, 7) is 9.38. The molecule has 0 N–H and O–H groups in total. The molecule has 1 saturated carbocycles. The third-order valence-corrected chi connectivity index (χ3v) is 8.17. The Morgan fingerprint density at radius 3 is 2.62 bits per heavy atom. The van der Waals surface area contributed by atoms with Gasteiger partial charge in [0.1, 0.15) is 0 Å². The highest BCUT2D eigenvalue weighted by Gasteiger charge is 2.44. The van der Waals surface area contributed by atoms with Gasteiger partial charge >= 0.3 is 0 Å². The van der Waals surface area contributed by atoms with Crippen molar-refractivity contribution in [1.82, 2.24) is 0 Å². The van der Waals surface area contributed by atoms with Gasteiger partial charge in [0.2, 0.25) is 8.32 Å². The lowest BCUT2D eigenvalue weighted by molar-refractivity contribution is 0.209. The highest BCUT2D eigenvalue weighted by atomic mass is 28.4. The fourth-order valence-corrected chi connectivity index (χ4v) is 4.89. The van der Waals surface area contributed by atoms with Crippen LogP contribution in [0.25, 0.3) is 0 Å². The molecule has 3 unspecified atom stereocenters. The van der Waals surface area contributed by atoms with Gasteiger partial charge in [-0.3, -0.25) is 0 Å². The molecule has 16 heavy (non-hydrogen) atoms. The minimum Gasteiger partial charge on any atom is -0.413 e. The Morgan fingerprint density at radius 1 is 1.31 bits per heavy atom. The average Bonchev–Trinajstić information content (AvgIpc) is 3.10. The Balaban J connectivity index is 1.78. The molecule has 0 spiro atoms. The van der Waals surface area contributed by atoms with E-state index in [-0.39, 0.29) is 0 Å². The van der Waals surface area contributed by atoms with Crippen LogP contribution in [0.5, 0.6) is 0 Å². The Labute approximate surface area is 100 Å². The van der Waals surface area contributed by atoms with Crippen LogP contribution in [0.1, 0.15) is 33.1 Å². The van der Waals surface area contributed by atoms with Crippen LogP contribution in [0.2, 0.25) is 12.1 Å². The van der Waals surface area contributed by atoms with Crippen molar-refractivity contribution in [1.29, 1.82) is 0 Å². The molecule has 2 rings (SSSR count). The smallest absolute Gasteiger partial charge is 0.215 e. The normalized spacial score (nSPS) is 33.2. The highest BCUT2D eigenvalue weighted by Crippen LogP contribution is 2.39. The molecule has 0 aromatic rings. The van der Waals surface area contributed by atoms with Gasteiger partial charge in [-0.15, -0.1) is 6.58 Å². The number of hydrogen-bond donors (Lipinski definition) is 0. The lowest BCUT2D eigenvalue weighted by Gasteiger charge is -2.29. The quantitative estimate of drug-likeness (QED) is 0.525. The van der Waals surface area contributed by atoms with Crippen molar-refractivity contribution >= 4 is 8.32 Å². The molecule has 0 bridgehead atoms. The van der Waals surface area contributed by atoms with Gasteiger partial charge in [0.25, 0.3) is 0 Å². The Bertz CT molecular complexity index is 250. The van der Waals surface area contributed by atoms with E-state index in [1.165, 1.54) is 19.3 Å². The monoisotopic (exact) mass is 240 g/mol. The zero-order chi connectivity index (χ0) is 11.6. The van der Waals surface area contributed by atoms with E-state index >= 15 is 0 Å². The number of epoxide rings is 1. The predicted octanol–water partition coefficient (Wildman–Crippen LogP) is 3.28. The number of rotatable bonds is 6. The van der Waals surface area contributed by atoms with Gasteiger partial charge in [0.05, 0.1) is 12.2 Å². The van der Waals surface area contributed by atoms with Crippen molar-refractivity contribution in [3.8, 4) is 0 Å². The van der Waals surface area contributed by atoms with Crippen LogP contribution in [0.15, 0.2) is 12.3 Å². The summed E-state index contributed by atoms with van der Waals surface area (Å²) in [6, 6.07) is 2.31. The van der Waals surface area contributed by atoms with Crippen molar-refractivity contribution in [3.63, 3.8) is 0 Å². The molecule has 1 aliphatic carbocycles. The van der Waals surface area contributed by atoms with E-state index in [9.17, 15) is 0 Å². The van der Waals surface area contributed by atoms with E-state index in [1.807, 2.05) is 0 Å². The molecule has 0 radical (unpaired) electrons. The van der Waals surface area contributed by atoms with Crippen molar-refractivity contribution in [2.24, 2.45) is 5.92 Å². The third kappa shape index (κ3) is 2.58. The Morgan fingerprint density at radius 2 is 2.06 bits per heavy atom. The number of hydrogen-bond acceptors (Lipinski definition) is 2. The summed E-state index contributed by atoms with van der Waals surface area (Å²) in [5, 5.41) is 0. The Hall–Kier alpha value is -0.123. The first-order chi connectivity index (χ1) is 7.73. The van der Waals surface area contributed by atoms with E-state index < -0.39 is 8.32 Å². The minimum absolute atomic E-state index is 0.574. The van der Waals surface area contributed by atoms with Gasteiger partial charge in [0, 0.05) is 6.61 Å². The maximum absolute atomic E-state index is 6.25. The Kier molecular flexibility index (Phi) is 3.87. The van der Waals surface area contributed by atoms with Crippen molar-refractivity contribution in [3.05, 3.63) is 12.3 Å². The first-order valence-electron chi connectivity index (χ1n) is 6.66. The molecule has 0 aromatic carbocycles. The molecule has 1 saturated heterocycles. The second-order valence-electron chi connectivity index (χ2n) is 5.18. The van der Waals surface area contributed by atoms with Crippen LogP contribution in [0.4, 0.5) is 0 Å². The lowest BCUT2D eigenvalue weighted by atomic mass is 9.90. The largest absolute Gasteiger partial charge is 0.413 e. The van der Waals surface area contributed by atoms with Gasteiger partial charge < -0.3 is 9.16 Å². The average molecular weight is 240 g/mol. The van der Waals surface area contributed by atoms with E-state index in [1.54, 1.807) is 0 Å². The van der Waals surface area contributed by atoms with Crippen LogP contribution in [-0.4, -0.2) is 27.1 Å². The predicted molar refractivity (Wildman–Crippen MR) is 68.9 cm³/mol. The van der Waals surface area contributed by atoms with Crippen LogP contribution in [-0.2, 0) is 9.16 Å².